The summed E-state index contributed by atoms with van der Waals surface area (Å²) < 4.78 is 31.4. The number of hydrogen-bond acceptors (Lipinski definition) is 3. The normalized spacial score (nSPS) is 16.3. The van der Waals surface area contributed by atoms with Gasteiger partial charge in [0.15, 0.2) is 11.6 Å². The molecule has 0 atom stereocenters. The van der Waals surface area contributed by atoms with E-state index < -0.39 is 11.6 Å². The average molecular weight is 332 g/mol. The highest BCUT2D eigenvalue weighted by atomic mass is 19.2. The van der Waals surface area contributed by atoms with Gasteiger partial charge in [0.05, 0.1) is 7.11 Å². The maximum absolute atomic E-state index is 13.3. The van der Waals surface area contributed by atoms with Gasteiger partial charge in [-0.25, -0.2) is 8.78 Å². The Bertz CT molecular complexity index is 668. The SMILES string of the molecule is COc1ccc(CN2CCN(Cc3ccc(F)c(F)c3)CC2)cc1. The Balaban J connectivity index is 1.49. The zero-order valence-corrected chi connectivity index (χ0v) is 13.8. The van der Waals surface area contributed by atoms with Crippen molar-refractivity contribution in [3.63, 3.8) is 0 Å². The smallest absolute Gasteiger partial charge is 0.159 e. The standard InChI is InChI=1S/C19H22F2N2O/c1-24-17-5-2-15(3-6-17)13-22-8-10-23(11-9-22)14-16-4-7-18(20)19(21)12-16/h2-7,12H,8-11,13-14H2,1H3. The number of ether oxygens (including phenoxy) is 1. The summed E-state index contributed by atoms with van der Waals surface area (Å²) in [7, 11) is 1.67. The fraction of sp³-hybridized carbons (Fsp3) is 0.368. The highest BCUT2D eigenvalue weighted by Crippen LogP contribution is 2.16. The Labute approximate surface area is 141 Å². The third-order valence-electron chi connectivity index (χ3n) is 4.42. The van der Waals surface area contributed by atoms with E-state index in [9.17, 15) is 8.78 Å². The average Bonchev–Trinajstić information content (AvgIpc) is 2.61. The molecule has 5 heteroatoms. The lowest BCUT2D eigenvalue weighted by atomic mass is 10.1. The van der Waals surface area contributed by atoms with Crippen LogP contribution in [0.4, 0.5) is 8.78 Å². The molecule has 0 bridgehead atoms. The third kappa shape index (κ3) is 4.30. The van der Waals surface area contributed by atoms with Gasteiger partial charge in [-0.05, 0) is 35.4 Å². The molecule has 0 radical (unpaired) electrons. The predicted molar refractivity (Wildman–Crippen MR) is 89.9 cm³/mol. The summed E-state index contributed by atoms with van der Waals surface area (Å²) in [5, 5.41) is 0. The summed E-state index contributed by atoms with van der Waals surface area (Å²) in [4.78, 5) is 4.68. The summed E-state index contributed by atoms with van der Waals surface area (Å²) >= 11 is 0. The lowest BCUT2D eigenvalue weighted by Crippen LogP contribution is -2.45. The van der Waals surface area contributed by atoms with Crippen LogP contribution in [0.1, 0.15) is 11.1 Å². The topological polar surface area (TPSA) is 15.7 Å². The molecule has 3 nitrogen and oxygen atoms in total. The number of halogens is 2. The molecule has 2 aromatic rings. The largest absolute Gasteiger partial charge is 0.497 e. The van der Waals surface area contributed by atoms with E-state index in [1.165, 1.54) is 17.7 Å². The van der Waals surface area contributed by atoms with Crippen LogP contribution in [0.15, 0.2) is 42.5 Å². The molecule has 0 unspecified atom stereocenters. The fourth-order valence-corrected chi connectivity index (χ4v) is 2.99. The van der Waals surface area contributed by atoms with Crippen molar-refractivity contribution in [1.29, 1.82) is 0 Å². The summed E-state index contributed by atoms with van der Waals surface area (Å²) in [5.41, 5.74) is 2.09. The maximum atomic E-state index is 13.3. The van der Waals surface area contributed by atoms with E-state index in [-0.39, 0.29) is 0 Å². The Hall–Kier alpha value is -1.98. The first-order valence-corrected chi connectivity index (χ1v) is 8.15. The number of methoxy groups -OCH3 is 1. The van der Waals surface area contributed by atoms with E-state index in [1.54, 1.807) is 13.2 Å². The van der Waals surface area contributed by atoms with Gasteiger partial charge >= 0.3 is 0 Å². The van der Waals surface area contributed by atoms with Gasteiger partial charge in [0.1, 0.15) is 5.75 Å². The van der Waals surface area contributed by atoms with Crippen LogP contribution in [-0.2, 0) is 13.1 Å². The van der Waals surface area contributed by atoms with Crippen LogP contribution in [0.3, 0.4) is 0 Å². The summed E-state index contributed by atoms with van der Waals surface area (Å²) in [6.45, 7) is 5.37. The van der Waals surface area contributed by atoms with Gasteiger partial charge in [0.2, 0.25) is 0 Å². The Morgan fingerprint density at radius 3 is 1.88 bits per heavy atom. The molecular weight excluding hydrogens is 310 g/mol. The van der Waals surface area contributed by atoms with Crippen molar-refractivity contribution in [2.45, 2.75) is 13.1 Å². The first-order chi connectivity index (χ1) is 11.6. The van der Waals surface area contributed by atoms with Gasteiger partial charge in [0.25, 0.3) is 0 Å². The highest BCUT2D eigenvalue weighted by Gasteiger charge is 2.17. The predicted octanol–water partition coefficient (Wildman–Crippen LogP) is 3.29. The minimum atomic E-state index is -0.789. The van der Waals surface area contributed by atoms with Gasteiger partial charge in [0, 0.05) is 39.3 Å². The Morgan fingerprint density at radius 1 is 0.792 bits per heavy atom. The van der Waals surface area contributed by atoms with Crippen molar-refractivity contribution in [1.82, 2.24) is 9.80 Å². The molecule has 1 aliphatic rings. The highest BCUT2D eigenvalue weighted by molar-refractivity contribution is 5.27. The van der Waals surface area contributed by atoms with Gasteiger partial charge < -0.3 is 4.74 Å². The molecule has 0 spiro atoms. The van der Waals surface area contributed by atoms with Crippen molar-refractivity contribution < 1.29 is 13.5 Å². The van der Waals surface area contributed by atoms with E-state index in [0.717, 1.165) is 44.0 Å². The molecule has 128 valence electrons. The first kappa shape index (κ1) is 16.9. The molecule has 1 fully saturated rings. The zero-order chi connectivity index (χ0) is 16.9. The molecule has 0 saturated carbocycles. The molecule has 1 saturated heterocycles. The van der Waals surface area contributed by atoms with Crippen LogP contribution in [0, 0.1) is 11.6 Å². The van der Waals surface area contributed by atoms with E-state index in [1.807, 2.05) is 12.1 Å². The van der Waals surface area contributed by atoms with Gasteiger partial charge in [-0.1, -0.05) is 18.2 Å². The molecule has 3 rings (SSSR count). The minimum Gasteiger partial charge on any atom is -0.497 e. The molecule has 0 aromatic heterocycles. The molecule has 0 aliphatic carbocycles. The van der Waals surface area contributed by atoms with Crippen LogP contribution >= 0.6 is 0 Å². The second-order valence-corrected chi connectivity index (χ2v) is 6.15. The van der Waals surface area contributed by atoms with Crippen LogP contribution < -0.4 is 4.74 Å². The number of nitrogens with zero attached hydrogens (tertiary/aromatic N) is 2. The maximum Gasteiger partial charge on any atom is 0.159 e. The molecule has 0 N–H and O–H groups in total. The molecule has 0 amide bonds. The minimum absolute atomic E-state index is 0.660. The Morgan fingerprint density at radius 2 is 1.33 bits per heavy atom. The van der Waals surface area contributed by atoms with E-state index in [2.05, 4.69) is 21.9 Å². The molecule has 24 heavy (non-hydrogen) atoms. The zero-order valence-electron chi connectivity index (χ0n) is 13.8. The van der Waals surface area contributed by atoms with Crippen LogP contribution in [-0.4, -0.2) is 43.1 Å². The van der Waals surface area contributed by atoms with E-state index >= 15 is 0 Å². The number of rotatable bonds is 5. The van der Waals surface area contributed by atoms with E-state index in [4.69, 9.17) is 4.74 Å². The second kappa shape index (κ2) is 7.73. The van der Waals surface area contributed by atoms with Crippen molar-refractivity contribution in [2.24, 2.45) is 0 Å². The van der Waals surface area contributed by atoms with Gasteiger partial charge in [-0.2, -0.15) is 0 Å². The fourth-order valence-electron chi connectivity index (χ4n) is 2.99. The molecular formula is C19H22F2N2O. The van der Waals surface area contributed by atoms with Crippen molar-refractivity contribution in [3.05, 3.63) is 65.2 Å². The number of piperazine rings is 1. The molecule has 1 heterocycles. The number of hydrogen-bond donors (Lipinski definition) is 0. The van der Waals surface area contributed by atoms with Crippen molar-refractivity contribution in [3.8, 4) is 5.75 Å². The summed E-state index contributed by atoms with van der Waals surface area (Å²) in [6.07, 6.45) is 0. The van der Waals surface area contributed by atoms with Crippen molar-refractivity contribution in [2.75, 3.05) is 33.3 Å². The summed E-state index contributed by atoms with van der Waals surface area (Å²) in [5.74, 6) is -0.691. The number of benzene rings is 2. The summed E-state index contributed by atoms with van der Waals surface area (Å²) in [6, 6.07) is 12.3. The van der Waals surface area contributed by atoms with Crippen LogP contribution in [0.25, 0.3) is 0 Å². The van der Waals surface area contributed by atoms with Crippen LogP contribution in [0.2, 0.25) is 0 Å². The molecule has 2 aromatic carbocycles. The second-order valence-electron chi connectivity index (χ2n) is 6.15. The monoisotopic (exact) mass is 332 g/mol. The van der Waals surface area contributed by atoms with E-state index in [0.29, 0.717) is 6.54 Å². The lowest BCUT2D eigenvalue weighted by Gasteiger charge is -2.34. The lowest BCUT2D eigenvalue weighted by molar-refractivity contribution is 0.122. The third-order valence-corrected chi connectivity index (χ3v) is 4.42. The Kier molecular flexibility index (Phi) is 5.43. The molecule has 1 aliphatic heterocycles. The van der Waals surface area contributed by atoms with Crippen molar-refractivity contribution >= 4 is 0 Å². The van der Waals surface area contributed by atoms with Gasteiger partial charge in [-0.3, -0.25) is 9.80 Å². The van der Waals surface area contributed by atoms with Crippen LogP contribution in [0.5, 0.6) is 5.75 Å². The van der Waals surface area contributed by atoms with Gasteiger partial charge in [-0.15, -0.1) is 0 Å². The first-order valence-electron chi connectivity index (χ1n) is 8.15. The quantitative estimate of drug-likeness (QED) is 0.836.